The molecule has 0 spiro atoms. The zero-order chi connectivity index (χ0) is 13.4. The molecule has 0 bridgehead atoms. The van der Waals surface area contributed by atoms with Crippen LogP contribution < -0.4 is 4.74 Å². The monoisotopic (exact) mass is 255 g/mol. The Hall–Kier alpha value is -1.87. The van der Waals surface area contributed by atoms with Crippen LogP contribution in [0.3, 0.4) is 0 Å². The van der Waals surface area contributed by atoms with E-state index in [9.17, 15) is 5.11 Å². The van der Waals surface area contributed by atoms with Crippen molar-refractivity contribution < 1.29 is 9.84 Å². The number of hydrogen-bond donors (Lipinski definition) is 1. The predicted molar refractivity (Wildman–Crippen MR) is 73.1 cm³/mol. The van der Waals surface area contributed by atoms with Gasteiger partial charge >= 0.3 is 0 Å². The highest BCUT2D eigenvalue weighted by Crippen LogP contribution is 2.40. The Labute approximate surface area is 112 Å². The van der Waals surface area contributed by atoms with Crippen molar-refractivity contribution >= 4 is 0 Å². The first-order chi connectivity index (χ1) is 9.13. The third-order valence-corrected chi connectivity index (χ3v) is 3.54. The van der Waals surface area contributed by atoms with Crippen LogP contribution in [0.15, 0.2) is 36.5 Å². The average molecular weight is 255 g/mol. The van der Waals surface area contributed by atoms with Gasteiger partial charge in [-0.25, -0.2) is 0 Å². The largest absolute Gasteiger partial charge is 0.485 e. The first-order valence-electron chi connectivity index (χ1n) is 6.51. The Morgan fingerprint density at radius 3 is 2.79 bits per heavy atom. The minimum atomic E-state index is -0.477. The van der Waals surface area contributed by atoms with E-state index in [1.165, 1.54) is 0 Å². The second-order valence-corrected chi connectivity index (χ2v) is 5.13. The van der Waals surface area contributed by atoms with Gasteiger partial charge in [0.1, 0.15) is 11.9 Å². The highest BCUT2D eigenvalue weighted by atomic mass is 16.5. The van der Waals surface area contributed by atoms with E-state index in [1.54, 1.807) is 0 Å². The predicted octanol–water partition coefficient (Wildman–Crippen LogP) is 3.26. The minimum Gasteiger partial charge on any atom is -0.485 e. The number of rotatable bonds is 1. The van der Waals surface area contributed by atoms with E-state index in [-0.39, 0.29) is 6.10 Å². The summed E-state index contributed by atoms with van der Waals surface area (Å²) in [4.78, 5) is 4.29. The molecule has 0 radical (unpaired) electrons. The molecule has 1 aromatic carbocycles. The molecular formula is C16H17NO2. The van der Waals surface area contributed by atoms with Gasteiger partial charge in [0, 0.05) is 29.4 Å². The number of aliphatic hydroxyl groups is 1. The lowest BCUT2D eigenvalue weighted by molar-refractivity contribution is 0.0655. The van der Waals surface area contributed by atoms with Crippen molar-refractivity contribution in [3.05, 3.63) is 58.9 Å². The molecule has 0 saturated carbocycles. The average Bonchev–Trinajstić information content (AvgIpc) is 2.40. The quantitative estimate of drug-likeness (QED) is 0.850. The number of aryl methyl sites for hydroxylation is 2. The van der Waals surface area contributed by atoms with E-state index < -0.39 is 6.10 Å². The summed E-state index contributed by atoms with van der Waals surface area (Å²) in [5.41, 5.74) is 4.01. The summed E-state index contributed by atoms with van der Waals surface area (Å²) in [6, 6.07) is 9.90. The van der Waals surface area contributed by atoms with Crippen LogP contribution in [0.2, 0.25) is 0 Å². The molecule has 0 amide bonds. The van der Waals surface area contributed by atoms with E-state index in [0.29, 0.717) is 6.42 Å². The molecule has 0 aliphatic carbocycles. The van der Waals surface area contributed by atoms with Crippen molar-refractivity contribution in [2.75, 3.05) is 0 Å². The Bertz CT molecular complexity index is 592. The van der Waals surface area contributed by atoms with E-state index in [0.717, 1.165) is 28.1 Å². The van der Waals surface area contributed by atoms with Gasteiger partial charge in [0.05, 0.1) is 6.10 Å². The number of pyridine rings is 1. The van der Waals surface area contributed by atoms with Gasteiger partial charge in [0.25, 0.3) is 0 Å². The molecule has 1 N–H and O–H groups in total. The van der Waals surface area contributed by atoms with Gasteiger partial charge < -0.3 is 9.84 Å². The molecule has 0 saturated heterocycles. The second-order valence-electron chi connectivity index (χ2n) is 5.13. The topological polar surface area (TPSA) is 42.4 Å². The van der Waals surface area contributed by atoms with Crippen LogP contribution >= 0.6 is 0 Å². The summed E-state index contributed by atoms with van der Waals surface area (Å²) in [5.74, 6) is 0.773. The second kappa shape index (κ2) is 4.67. The summed E-state index contributed by atoms with van der Waals surface area (Å²) >= 11 is 0. The Morgan fingerprint density at radius 1 is 1.21 bits per heavy atom. The van der Waals surface area contributed by atoms with Gasteiger partial charge in [-0.15, -0.1) is 0 Å². The van der Waals surface area contributed by atoms with Gasteiger partial charge in [0.15, 0.2) is 0 Å². The Balaban J connectivity index is 1.92. The highest BCUT2D eigenvalue weighted by Gasteiger charge is 2.28. The van der Waals surface area contributed by atoms with E-state index in [2.05, 4.69) is 4.98 Å². The molecule has 1 aliphatic heterocycles. The van der Waals surface area contributed by atoms with Gasteiger partial charge in [-0.05, 0) is 32.0 Å². The van der Waals surface area contributed by atoms with Crippen molar-refractivity contribution in [1.82, 2.24) is 4.98 Å². The summed E-state index contributed by atoms with van der Waals surface area (Å²) in [7, 11) is 0. The van der Waals surface area contributed by atoms with E-state index in [4.69, 9.17) is 4.74 Å². The molecule has 2 heterocycles. The fourth-order valence-corrected chi connectivity index (χ4v) is 2.44. The van der Waals surface area contributed by atoms with Gasteiger partial charge in [-0.1, -0.05) is 17.7 Å². The SMILES string of the molecule is Cc1ccc2c(c1)[C@H](O)CC(c1ccc(C)nc1)O2. The third kappa shape index (κ3) is 2.34. The molecule has 3 nitrogen and oxygen atoms in total. The lowest BCUT2D eigenvalue weighted by Crippen LogP contribution is -2.19. The van der Waals surface area contributed by atoms with Crippen LogP contribution in [0.5, 0.6) is 5.75 Å². The van der Waals surface area contributed by atoms with Crippen LogP contribution in [0.25, 0.3) is 0 Å². The molecule has 3 heteroatoms. The molecule has 2 atom stereocenters. The third-order valence-electron chi connectivity index (χ3n) is 3.54. The maximum Gasteiger partial charge on any atom is 0.128 e. The maximum absolute atomic E-state index is 10.3. The van der Waals surface area contributed by atoms with Crippen LogP contribution in [-0.4, -0.2) is 10.1 Å². The number of fused-ring (bicyclic) bond motifs is 1. The number of aliphatic hydroxyl groups excluding tert-OH is 1. The maximum atomic E-state index is 10.3. The lowest BCUT2D eigenvalue weighted by Gasteiger charge is -2.30. The van der Waals surface area contributed by atoms with Crippen LogP contribution in [0, 0.1) is 13.8 Å². The molecule has 19 heavy (non-hydrogen) atoms. The molecule has 1 aliphatic rings. The number of benzene rings is 1. The number of nitrogens with zero attached hydrogens (tertiary/aromatic N) is 1. The summed E-state index contributed by atoms with van der Waals surface area (Å²) in [6.45, 7) is 3.97. The molecule has 1 aromatic heterocycles. The van der Waals surface area contributed by atoms with Crippen LogP contribution in [0.4, 0.5) is 0 Å². The van der Waals surface area contributed by atoms with Gasteiger partial charge in [-0.2, -0.15) is 0 Å². The lowest BCUT2D eigenvalue weighted by atomic mass is 9.94. The molecular weight excluding hydrogens is 238 g/mol. The highest BCUT2D eigenvalue weighted by molar-refractivity contribution is 5.41. The summed E-state index contributed by atoms with van der Waals surface area (Å²) < 4.78 is 5.98. The zero-order valence-electron chi connectivity index (χ0n) is 11.1. The van der Waals surface area contributed by atoms with Crippen molar-refractivity contribution in [3.63, 3.8) is 0 Å². The molecule has 1 unspecified atom stereocenters. The molecule has 0 fully saturated rings. The minimum absolute atomic E-state index is 0.127. The first kappa shape index (κ1) is 12.2. The van der Waals surface area contributed by atoms with Crippen molar-refractivity contribution in [1.29, 1.82) is 0 Å². The first-order valence-corrected chi connectivity index (χ1v) is 6.51. The fraction of sp³-hybridized carbons (Fsp3) is 0.312. The summed E-state index contributed by atoms with van der Waals surface area (Å²) in [6.07, 6.45) is 1.79. The Kier molecular flexibility index (Phi) is 2.99. The van der Waals surface area contributed by atoms with E-state index >= 15 is 0 Å². The smallest absolute Gasteiger partial charge is 0.128 e. The zero-order valence-corrected chi connectivity index (χ0v) is 11.1. The molecule has 2 aromatic rings. The number of aromatic nitrogens is 1. The standard InChI is InChI=1S/C16H17NO2/c1-10-3-6-15-13(7-10)14(18)8-16(19-15)12-5-4-11(2)17-9-12/h3-7,9,14,16,18H,8H2,1-2H3/t14-,16?/m1/s1. The summed E-state index contributed by atoms with van der Waals surface area (Å²) in [5, 5.41) is 10.3. The van der Waals surface area contributed by atoms with Crippen molar-refractivity contribution in [3.8, 4) is 5.75 Å². The van der Waals surface area contributed by atoms with Crippen molar-refractivity contribution in [2.24, 2.45) is 0 Å². The number of ether oxygens (including phenoxy) is 1. The molecule has 3 rings (SSSR count). The normalized spacial score (nSPS) is 21.6. The van der Waals surface area contributed by atoms with Crippen LogP contribution in [0.1, 0.15) is 41.0 Å². The fourth-order valence-electron chi connectivity index (χ4n) is 2.44. The number of hydrogen-bond acceptors (Lipinski definition) is 3. The van der Waals surface area contributed by atoms with Gasteiger partial charge in [-0.3, -0.25) is 4.98 Å². The van der Waals surface area contributed by atoms with E-state index in [1.807, 2.05) is 50.4 Å². The van der Waals surface area contributed by atoms with Crippen molar-refractivity contribution in [2.45, 2.75) is 32.5 Å². The van der Waals surface area contributed by atoms with Crippen LogP contribution in [-0.2, 0) is 0 Å². The van der Waals surface area contributed by atoms with Gasteiger partial charge in [0.2, 0.25) is 0 Å². The Morgan fingerprint density at radius 2 is 2.05 bits per heavy atom. The molecule has 98 valence electrons.